The smallest absolute Gasteiger partial charge is 0.142 e. The number of halogens is 2. The third kappa shape index (κ3) is 3.51. The molecule has 4 heteroatoms. The van der Waals surface area contributed by atoms with E-state index in [-0.39, 0.29) is 11.9 Å². The molecule has 2 nitrogen and oxygen atoms in total. The first-order valence-electron chi connectivity index (χ1n) is 6.49. The van der Waals surface area contributed by atoms with Crippen LogP contribution in [0.1, 0.15) is 24.9 Å². The summed E-state index contributed by atoms with van der Waals surface area (Å²) in [5.41, 5.74) is 1.81. The summed E-state index contributed by atoms with van der Waals surface area (Å²) in [4.78, 5) is 0. The van der Waals surface area contributed by atoms with Crippen molar-refractivity contribution < 1.29 is 9.13 Å². The average Bonchev–Trinajstić information content (AvgIpc) is 2.45. The fourth-order valence-corrected chi connectivity index (χ4v) is 2.49. The number of hydrogen-bond acceptors (Lipinski definition) is 2. The molecule has 1 unspecified atom stereocenters. The van der Waals surface area contributed by atoms with E-state index >= 15 is 0 Å². The van der Waals surface area contributed by atoms with E-state index in [1.165, 1.54) is 6.07 Å². The van der Waals surface area contributed by atoms with E-state index in [0.29, 0.717) is 0 Å². The number of nitrogens with one attached hydrogen (secondary N) is 1. The molecule has 2 rings (SSSR count). The number of rotatable bonds is 5. The van der Waals surface area contributed by atoms with E-state index in [4.69, 9.17) is 4.74 Å². The predicted molar refractivity (Wildman–Crippen MR) is 83.7 cm³/mol. The molecule has 0 aliphatic rings. The van der Waals surface area contributed by atoms with Gasteiger partial charge in [-0.1, -0.05) is 35.0 Å². The molecule has 2 aromatic rings. The van der Waals surface area contributed by atoms with Gasteiger partial charge in [-0.2, -0.15) is 0 Å². The molecule has 1 N–H and O–H groups in total. The average molecular weight is 338 g/mol. The van der Waals surface area contributed by atoms with Crippen molar-refractivity contribution in [1.29, 1.82) is 0 Å². The molecule has 0 bridgehead atoms. The first kappa shape index (κ1) is 14.9. The topological polar surface area (TPSA) is 21.3 Å². The maximum absolute atomic E-state index is 13.4. The fourth-order valence-electron chi connectivity index (χ4n) is 2.13. The van der Waals surface area contributed by atoms with Crippen LogP contribution in [0.15, 0.2) is 46.9 Å². The van der Waals surface area contributed by atoms with Crippen molar-refractivity contribution in [2.45, 2.75) is 19.4 Å². The summed E-state index contributed by atoms with van der Waals surface area (Å²) in [5.74, 6) is 0.548. The molecule has 106 valence electrons. The van der Waals surface area contributed by atoms with Crippen molar-refractivity contribution in [1.82, 2.24) is 0 Å². The molecule has 0 aliphatic carbocycles. The number of hydrogen-bond donors (Lipinski definition) is 1. The van der Waals surface area contributed by atoms with Crippen LogP contribution < -0.4 is 10.1 Å². The second-order valence-electron chi connectivity index (χ2n) is 4.50. The summed E-state index contributed by atoms with van der Waals surface area (Å²) < 4.78 is 19.7. The molecule has 0 aliphatic heterocycles. The Hall–Kier alpha value is -1.55. The maximum Gasteiger partial charge on any atom is 0.142 e. The van der Waals surface area contributed by atoms with Crippen LogP contribution in [0.4, 0.5) is 10.1 Å². The summed E-state index contributed by atoms with van der Waals surface area (Å²) in [6, 6.07) is 12.5. The molecule has 0 amide bonds. The Balaban J connectivity index is 2.28. The summed E-state index contributed by atoms with van der Waals surface area (Å²) in [6.45, 7) is 2.06. The van der Waals surface area contributed by atoms with Gasteiger partial charge >= 0.3 is 0 Å². The van der Waals surface area contributed by atoms with E-state index in [1.807, 2.05) is 24.3 Å². The Morgan fingerprint density at radius 2 is 2.05 bits per heavy atom. The molecule has 0 aromatic heterocycles. The van der Waals surface area contributed by atoms with Gasteiger partial charge in [-0.05, 0) is 42.3 Å². The number of benzene rings is 2. The third-order valence-electron chi connectivity index (χ3n) is 3.15. The van der Waals surface area contributed by atoms with Gasteiger partial charge in [-0.3, -0.25) is 0 Å². The van der Waals surface area contributed by atoms with Gasteiger partial charge in [0.05, 0.1) is 18.8 Å². The Labute approximate surface area is 127 Å². The lowest BCUT2D eigenvalue weighted by Crippen LogP contribution is -2.10. The van der Waals surface area contributed by atoms with Crippen LogP contribution in [0.2, 0.25) is 0 Å². The standard InChI is InChI=1S/C16H17BrFNO/c1-3-14(11-5-4-6-13(18)9-11)19-15-10-12(17)7-8-16(15)20-2/h4-10,14,19H,3H2,1-2H3. The third-order valence-corrected chi connectivity index (χ3v) is 3.64. The van der Waals surface area contributed by atoms with Crippen molar-refractivity contribution in [2.24, 2.45) is 0 Å². The zero-order valence-corrected chi connectivity index (χ0v) is 13.1. The van der Waals surface area contributed by atoms with E-state index in [2.05, 4.69) is 28.2 Å². The number of anilines is 1. The molecular formula is C16H17BrFNO. The van der Waals surface area contributed by atoms with Crippen LogP contribution in [-0.2, 0) is 0 Å². The van der Waals surface area contributed by atoms with Crippen LogP contribution in [0.25, 0.3) is 0 Å². The molecular weight excluding hydrogens is 321 g/mol. The Kier molecular flexibility index (Phi) is 5.01. The van der Waals surface area contributed by atoms with Gasteiger partial charge in [0.2, 0.25) is 0 Å². The lowest BCUT2D eigenvalue weighted by Gasteiger charge is -2.20. The van der Waals surface area contributed by atoms with Crippen molar-refractivity contribution in [2.75, 3.05) is 12.4 Å². The van der Waals surface area contributed by atoms with Crippen LogP contribution in [0, 0.1) is 5.82 Å². The summed E-state index contributed by atoms with van der Waals surface area (Å²) in [6.07, 6.45) is 0.846. The Morgan fingerprint density at radius 1 is 1.25 bits per heavy atom. The summed E-state index contributed by atoms with van der Waals surface area (Å²) in [5, 5.41) is 3.41. The minimum atomic E-state index is -0.219. The molecule has 0 saturated heterocycles. The van der Waals surface area contributed by atoms with E-state index in [0.717, 1.165) is 27.9 Å². The minimum absolute atomic E-state index is 0.0360. The van der Waals surface area contributed by atoms with Gasteiger partial charge in [-0.25, -0.2) is 4.39 Å². The van der Waals surface area contributed by atoms with Gasteiger partial charge in [0.25, 0.3) is 0 Å². The normalized spacial score (nSPS) is 12.0. The highest BCUT2D eigenvalue weighted by Crippen LogP contribution is 2.32. The summed E-state index contributed by atoms with van der Waals surface area (Å²) in [7, 11) is 1.64. The van der Waals surface area contributed by atoms with Crippen molar-refractivity contribution >= 4 is 21.6 Å². The Bertz CT molecular complexity index is 588. The van der Waals surface area contributed by atoms with E-state index in [1.54, 1.807) is 19.2 Å². The van der Waals surface area contributed by atoms with Crippen LogP contribution in [-0.4, -0.2) is 7.11 Å². The van der Waals surface area contributed by atoms with Crippen LogP contribution >= 0.6 is 15.9 Å². The SMILES string of the molecule is CCC(Nc1cc(Br)ccc1OC)c1cccc(F)c1. The fraction of sp³-hybridized carbons (Fsp3) is 0.250. The molecule has 0 fully saturated rings. The summed E-state index contributed by atoms with van der Waals surface area (Å²) >= 11 is 3.45. The van der Waals surface area contributed by atoms with Crippen molar-refractivity contribution in [3.05, 3.63) is 58.3 Å². The molecule has 0 radical (unpaired) electrons. The zero-order chi connectivity index (χ0) is 14.5. The highest BCUT2D eigenvalue weighted by atomic mass is 79.9. The first-order valence-corrected chi connectivity index (χ1v) is 7.29. The molecule has 0 saturated carbocycles. The van der Waals surface area contributed by atoms with Gasteiger partial charge < -0.3 is 10.1 Å². The van der Waals surface area contributed by atoms with Gasteiger partial charge in [-0.15, -0.1) is 0 Å². The first-order chi connectivity index (χ1) is 9.63. The zero-order valence-electron chi connectivity index (χ0n) is 11.5. The number of ether oxygens (including phenoxy) is 1. The van der Waals surface area contributed by atoms with E-state index in [9.17, 15) is 4.39 Å². The quantitative estimate of drug-likeness (QED) is 0.813. The highest BCUT2D eigenvalue weighted by Gasteiger charge is 2.12. The molecule has 20 heavy (non-hydrogen) atoms. The minimum Gasteiger partial charge on any atom is -0.495 e. The highest BCUT2D eigenvalue weighted by molar-refractivity contribution is 9.10. The van der Waals surface area contributed by atoms with Crippen LogP contribution in [0.3, 0.4) is 0 Å². The Morgan fingerprint density at radius 3 is 2.70 bits per heavy atom. The monoisotopic (exact) mass is 337 g/mol. The molecule has 0 spiro atoms. The lowest BCUT2D eigenvalue weighted by atomic mass is 10.0. The predicted octanol–water partition coefficient (Wildman–Crippen LogP) is 5.16. The van der Waals surface area contributed by atoms with Crippen molar-refractivity contribution in [3.63, 3.8) is 0 Å². The van der Waals surface area contributed by atoms with Gasteiger partial charge in [0.15, 0.2) is 0 Å². The molecule has 0 heterocycles. The van der Waals surface area contributed by atoms with Gasteiger partial charge in [0, 0.05) is 4.47 Å². The van der Waals surface area contributed by atoms with E-state index < -0.39 is 0 Å². The second kappa shape index (κ2) is 6.75. The molecule has 1 atom stereocenters. The number of methoxy groups -OCH3 is 1. The molecule has 2 aromatic carbocycles. The largest absolute Gasteiger partial charge is 0.495 e. The van der Waals surface area contributed by atoms with Crippen molar-refractivity contribution in [3.8, 4) is 5.75 Å². The maximum atomic E-state index is 13.4. The second-order valence-corrected chi connectivity index (χ2v) is 5.42. The van der Waals surface area contributed by atoms with Gasteiger partial charge in [0.1, 0.15) is 11.6 Å². The van der Waals surface area contributed by atoms with Crippen LogP contribution in [0.5, 0.6) is 5.75 Å². The lowest BCUT2D eigenvalue weighted by molar-refractivity contribution is 0.416.